The Morgan fingerprint density at radius 2 is 2.06 bits per heavy atom. The Bertz CT molecular complexity index is 442. The van der Waals surface area contributed by atoms with E-state index in [1.54, 1.807) is 12.1 Å². The van der Waals surface area contributed by atoms with Crippen LogP contribution in [-0.2, 0) is 21.9 Å². The Hall–Kier alpha value is -1.39. The van der Waals surface area contributed by atoms with E-state index < -0.39 is 12.1 Å². The minimum Gasteiger partial charge on any atom is -0.479 e. The fraction of sp³-hybridized carbons (Fsp3) is 0.333. The number of rotatable bonds is 5. The molecule has 0 aromatic heterocycles. The molecular weight excluding hydrogens is 244 g/mol. The number of carbonyl (C=O) groups is 2. The molecule has 0 radical (unpaired) electrons. The molecule has 0 fully saturated rings. The van der Waals surface area contributed by atoms with E-state index in [2.05, 4.69) is 0 Å². The zero-order valence-electron chi connectivity index (χ0n) is 9.31. The maximum absolute atomic E-state index is 11.0. The van der Waals surface area contributed by atoms with Crippen LogP contribution in [0.15, 0.2) is 18.2 Å². The zero-order chi connectivity index (χ0) is 13.0. The molecule has 1 rings (SSSR count). The SMILES string of the molecule is CC(=O)Cc1ccc(C(O)C(=O)O)c(CCl)c1. The van der Waals surface area contributed by atoms with E-state index in [1.165, 1.54) is 13.0 Å². The van der Waals surface area contributed by atoms with Gasteiger partial charge in [-0.1, -0.05) is 18.2 Å². The number of carbonyl (C=O) groups excluding carboxylic acids is 1. The fourth-order valence-corrected chi connectivity index (χ4v) is 1.80. The molecule has 1 aromatic carbocycles. The molecule has 5 heteroatoms. The van der Waals surface area contributed by atoms with Gasteiger partial charge in [0.05, 0.1) is 0 Å². The standard InChI is InChI=1S/C12H13ClO4/c1-7(14)4-8-2-3-10(9(5-8)6-13)11(15)12(16)17/h2-3,5,11,15H,4,6H2,1H3,(H,16,17). The van der Waals surface area contributed by atoms with Gasteiger partial charge >= 0.3 is 5.97 Å². The predicted molar refractivity (Wildman–Crippen MR) is 63.0 cm³/mol. The normalized spacial score (nSPS) is 12.2. The van der Waals surface area contributed by atoms with Gasteiger partial charge < -0.3 is 10.2 Å². The van der Waals surface area contributed by atoms with Crippen LogP contribution in [0.4, 0.5) is 0 Å². The molecule has 0 aliphatic rings. The van der Waals surface area contributed by atoms with Crippen molar-refractivity contribution in [3.8, 4) is 0 Å². The average Bonchev–Trinajstić information content (AvgIpc) is 2.27. The van der Waals surface area contributed by atoms with Gasteiger partial charge in [0.25, 0.3) is 0 Å². The fourth-order valence-electron chi connectivity index (χ4n) is 1.57. The van der Waals surface area contributed by atoms with E-state index >= 15 is 0 Å². The van der Waals surface area contributed by atoms with Crippen molar-refractivity contribution in [1.82, 2.24) is 0 Å². The number of aliphatic carboxylic acids is 1. The molecular formula is C12H13ClO4. The second kappa shape index (κ2) is 5.80. The van der Waals surface area contributed by atoms with Gasteiger partial charge in [-0.05, 0) is 23.6 Å². The van der Waals surface area contributed by atoms with Gasteiger partial charge in [-0.25, -0.2) is 4.79 Å². The van der Waals surface area contributed by atoms with Crippen molar-refractivity contribution in [3.05, 3.63) is 34.9 Å². The number of aliphatic hydroxyl groups is 1. The number of aliphatic hydroxyl groups excluding tert-OH is 1. The van der Waals surface area contributed by atoms with Gasteiger partial charge in [0.15, 0.2) is 6.10 Å². The van der Waals surface area contributed by atoms with Crippen LogP contribution in [0.3, 0.4) is 0 Å². The van der Waals surface area contributed by atoms with Gasteiger partial charge in [-0.2, -0.15) is 0 Å². The predicted octanol–water partition coefficient (Wildman–Crippen LogP) is 1.67. The molecule has 0 saturated heterocycles. The monoisotopic (exact) mass is 256 g/mol. The van der Waals surface area contributed by atoms with E-state index in [-0.39, 0.29) is 23.6 Å². The van der Waals surface area contributed by atoms with E-state index in [4.69, 9.17) is 16.7 Å². The van der Waals surface area contributed by atoms with Crippen LogP contribution in [0.1, 0.15) is 29.7 Å². The molecule has 0 bridgehead atoms. The second-order valence-corrected chi connectivity index (χ2v) is 4.05. The van der Waals surface area contributed by atoms with E-state index in [0.717, 1.165) is 5.56 Å². The highest BCUT2D eigenvalue weighted by Crippen LogP contribution is 2.22. The topological polar surface area (TPSA) is 74.6 Å². The largest absolute Gasteiger partial charge is 0.479 e. The molecule has 0 amide bonds. The molecule has 0 heterocycles. The molecule has 0 saturated carbocycles. The van der Waals surface area contributed by atoms with Crippen LogP contribution in [0.5, 0.6) is 0 Å². The first kappa shape index (κ1) is 13.7. The van der Waals surface area contributed by atoms with Gasteiger partial charge in [-0.15, -0.1) is 11.6 Å². The maximum atomic E-state index is 11.0. The number of carboxylic acid groups (broad SMARTS) is 1. The third-order valence-electron chi connectivity index (χ3n) is 2.33. The van der Waals surface area contributed by atoms with Gasteiger partial charge in [0.1, 0.15) is 5.78 Å². The third kappa shape index (κ3) is 3.54. The van der Waals surface area contributed by atoms with Crippen LogP contribution in [-0.4, -0.2) is 22.0 Å². The molecule has 0 aliphatic carbocycles. The van der Waals surface area contributed by atoms with Crippen LogP contribution in [0.25, 0.3) is 0 Å². The van der Waals surface area contributed by atoms with Crippen molar-refractivity contribution in [2.75, 3.05) is 0 Å². The van der Waals surface area contributed by atoms with Gasteiger partial charge in [-0.3, -0.25) is 4.79 Å². The highest BCUT2D eigenvalue weighted by Gasteiger charge is 2.19. The lowest BCUT2D eigenvalue weighted by molar-refractivity contribution is -0.147. The Labute approximate surface area is 104 Å². The number of Topliss-reactive ketones (excluding diaryl/α,β-unsaturated/α-hetero) is 1. The van der Waals surface area contributed by atoms with Crippen molar-refractivity contribution < 1.29 is 19.8 Å². The van der Waals surface area contributed by atoms with E-state index in [0.29, 0.717) is 5.56 Å². The first-order chi connectivity index (χ1) is 7.95. The van der Waals surface area contributed by atoms with Crippen LogP contribution < -0.4 is 0 Å². The van der Waals surface area contributed by atoms with Crippen LogP contribution in [0, 0.1) is 0 Å². The van der Waals surface area contributed by atoms with Crippen molar-refractivity contribution in [1.29, 1.82) is 0 Å². The second-order valence-electron chi connectivity index (χ2n) is 3.79. The molecule has 1 unspecified atom stereocenters. The molecule has 4 nitrogen and oxygen atoms in total. The first-order valence-corrected chi connectivity index (χ1v) is 5.57. The smallest absolute Gasteiger partial charge is 0.337 e. The number of hydrogen-bond acceptors (Lipinski definition) is 3. The minimum atomic E-state index is -1.59. The summed E-state index contributed by atoms with van der Waals surface area (Å²) in [7, 11) is 0. The number of benzene rings is 1. The van der Waals surface area contributed by atoms with E-state index in [1.807, 2.05) is 0 Å². The van der Waals surface area contributed by atoms with Crippen molar-refractivity contribution in [3.63, 3.8) is 0 Å². The summed E-state index contributed by atoms with van der Waals surface area (Å²) in [5.74, 6) is -1.22. The molecule has 1 atom stereocenters. The number of hydrogen-bond donors (Lipinski definition) is 2. The number of carboxylic acids is 1. The molecule has 1 aromatic rings. The summed E-state index contributed by atoms with van der Waals surface area (Å²) in [6.45, 7) is 1.47. The third-order valence-corrected chi connectivity index (χ3v) is 2.62. The Morgan fingerprint density at radius 3 is 2.53 bits per heavy atom. The summed E-state index contributed by atoms with van der Waals surface area (Å²) in [6, 6.07) is 4.77. The summed E-state index contributed by atoms with van der Waals surface area (Å²) in [6.07, 6.45) is -1.32. The summed E-state index contributed by atoms with van der Waals surface area (Å²) in [5, 5.41) is 18.2. The molecule has 2 N–H and O–H groups in total. The Balaban J connectivity index is 3.09. The van der Waals surface area contributed by atoms with Crippen LogP contribution >= 0.6 is 11.6 Å². The molecule has 92 valence electrons. The highest BCUT2D eigenvalue weighted by atomic mass is 35.5. The lowest BCUT2D eigenvalue weighted by Gasteiger charge is -2.12. The number of ketones is 1. The number of halogens is 1. The average molecular weight is 257 g/mol. The first-order valence-electron chi connectivity index (χ1n) is 5.03. The Morgan fingerprint density at radius 1 is 1.41 bits per heavy atom. The summed E-state index contributed by atoms with van der Waals surface area (Å²) >= 11 is 5.70. The highest BCUT2D eigenvalue weighted by molar-refractivity contribution is 6.17. The summed E-state index contributed by atoms with van der Waals surface area (Å²) < 4.78 is 0. The summed E-state index contributed by atoms with van der Waals surface area (Å²) in [5.41, 5.74) is 1.55. The van der Waals surface area contributed by atoms with Crippen molar-refractivity contribution in [2.24, 2.45) is 0 Å². The van der Waals surface area contributed by atoms with Crippen LogP contribution in [0.2, 0.25) is 0 Å². The lowest BCUT2D eigenvalue weighted by Crippen LogP contribution is -2.13. The molecule has 17 heavy (non-hydrogen) atoms. The van der Waals surface area contributed by atoms with Crippen molar-refractivity contribution >= 4 is 23.4 Å². The molecule has 0 spiro atoms. The lowest BCUT2D eigenvalue weighted by atomic mass is 9.98. The summed E-state index contributed by atoms with van der Waals surface area (Å²) in [4.78, 5) is 21.6. The quantitative estimate of drug-likeness (QED) is 0.786. The maximum Gasteiger partial charge on any atom is 0.337 e. The zero-order valence-corrected chi connectivity index (χ0v) is 10.1. The molecule has 0 aliphatic heterocycles. The van der Waals surface area contributed by atoms with Gasteiger partial charge in [0, 0.05) is 12.3 Å². The Kier molecular flexibility index (Phi) is 4.66. The van der Waals surface area contributed by atoms with E-state index in [9.17, 15) is 14.7 Å². The number of alkyl halides is 1. The minimum absolute atomic E-state index is 0.0112. The van der Waals surface area contributed by atoms with Gasteiger partial charge in [0.2, 0.25) is 0 Å². The van der Waals surface area contributed by atoms with Crippen molar-refractivity contribution in [2.45, 2.75) is 25.3 Å².